The number of hydrazone groups is 1. The van der Waals surface area contributed by atoms with Crippen molar-refractivity contribution in [3.63, 3.8) is 0 Å². The third-order valence-corrected chi connectivity index (χ3v) is 4.62. The van der Waals surface area contributed by atoms with E-state index < -0.39 is 0 Å². The maximum Gasteiger partial charge on any atom is 0.245 e. The number of aryl methyl sites for hydroxylation is 2. The number of anilines is 1. The fraction of sp³-hybridized carbons (Fsp3) is 0.286. The summed E-state index contributed by atoms with van der Waals surface area (Å²) < 4.78 is 0. The molecule has 0 aromatic heterocycles. The monoisotopic (exact) mass is 349 g/mol. The first-order valence-electron chi connectivity index (χ1n) is 8.85. The second kappa shape index (κ2) is 7.95. The Morgan fingerprint density at radius 3 is 2.54 bits per heavy atom. The Balaban J connectivity index is 1.58. The Hall–Kier alpha value is -2.95. The zero-order chi connectivity index (χ0) is 18.5. The van der Waals surface area contributed by atoms with E-state index in [-0.39, 0.29) is 24.2 Å². The van der Waals surface area contributed by atoms with Crippen LogP contribution in [-0.4, -0.2) is 24.6 Å². The minimum Gasteiger partial charge on any atom is -0.312 e. The number of carbonyl (C=O) groups is 2. The van der Waals surface area contributed by atoms with Crippen LogP contribution in [-0.2, 0) is 16.0 Å². The summed E-state index contributed by atoms with van der Waals surface area (Å²) >= 11 is 0. The molecule has 1 aliphatic rings. The average molecular weight is 349 g/mol. The molecule has 0 saturated carbocycles. The van der Waals surface area contributed by atoms with Crippen LogP contribution < -0.4 is 10.3 Å². The van der Waals surface area contributed by atoms with Crippen LogP contribution in [0.4, 0.5) is 5.69 Å². The van der Waals surface area contributed by atoms with Gasteiger partial charge in [0.1, 0.15) is 0 Å². The van der Waals surface area contributed by atoms with Crippen molar-refractivity contribution in [1.82, 2.24) is 5.43 Å². The van der Waals surface area contributed by atoms with E-state index in [9.17, 15) is 9.59 Å². The van der Waals surface area contributed by atoms with Crippen molar-refractivity contribution >= 4 is 23.7 Å². The van der Waals surface area contributed by atoms with E-state index in [4.69, 9.17) is 0 Å². The van der Waals surface area contributed by atoms with E-state index in [0.717, 1.165) is 17.7 Å². The zero-order valence-corrected chi connectivity index (χ0v) is 15.1. The number of rotatable bonds is 5. The molecule has 0 radical (unpaired) electrons. The number of hydrogen-bond donors (Lipinski definition) is 1. The molecule has 0 aliphatic carbocycles. The van der Waals surface area contributed by atoms with Gasteiger partial charge in [0.05, 0.1) is 12.1 Å². The molecule has 1 heterocycles. The van der Waals surface area contributed by atoms with Gasteiger partial charge in [0.25, 0.3) is 0 Å². The molecule has 1 saturated heterocycles. The fourth-order valence-electron chi connectivity index (χ4n) is 2.96. The van der Waals surface area contributed by atoms with Gasteiger partial charge in [0.15, 0.2) is 0 Å². The van der Waals surface area contributed by atoms with Crippen molar-refractivity contribution in [2.24, 2.45) is 11.0 Å². The van der Waals surface area contributed by atoms with Crippen LogP contribution in [0.15, 0.2) is 53.6 Å². The second-order valence-electron chi connectivity index (χ2n) is 6.57. The Bertz CT molecular complexity index is 810. The van der Waals surface area contributed by atoms with Crippen molar-refractivity contribution in [3.8, 4) is 0 Å². The van der Waals surface area contributed by atoms with Crippen molar-refractivity contribution in [2.45, 2.75) is 26.7 Å². The van der Waals surface area contributed by atoms with Crippen molar-refractivity contribution < 1.29 is 9.59 Å². The third kappa shape index (κ3) is 4.17. The third-order valence-electron chi connectivity index (χ3n) is 4.62. The first-order chi connectivity index (χ1) is 12.6. The van der Waals surface area contributed by atoms with Crippen LogP contribution in [0.1, 0.15) is 30.0 Å². The summed E-state index contributed by atoms with van der Waals surface area (Å²) in [6.45, 7) is 4.49. The molecular weight excluding hydrogens is 326 g/mol. The summed E-state index contributed by atoms with van der Waals surface area (Å²) in [4.78, 5) is 26.3. The first kappa shape index (κ1) is 17.9. The predicted molar refractivity (Wildman–Crippen MR) is 103 cm³/mol. The molecular formula is C21H23N3O2. The fourth-order valence-corrected chi connectivity index (χ4v) is 2.96. The summed E-state index contributed by atoms with van der Waals surface area (Å²) in [6, 6.07) is 15.8. The SMILES string of the molecule is CCc1ccc(N2C[C@@H](C(=O)N/N=C/c3ccc(C)cc3)CC2=O)cc1. The zero-order valence-electron chi connectivity index (χ0n) is 15.1. The molecule has 5 nitrogen and oxygen atoms in total. The number of carbonyl (C=O) groups excluding carboxylic acids is 2. The Labute approximate surface area is 153 Å². The van der Waals surface area contributed by atoms with Crippen LogP contribution in [0.3, 0.4) is 0 Å². The van der Waals surface area contributed by atoms with Gasteiger partial charge >= 0.3 is 0 Å². The Morgan fingerprint density at radius 1 is 1.19 bits per heavy atom. The van der Waals surface area contributed by atoms with Gasteiger partial charge in [0.2, 0.25) is 11.8 Å². The van der Waals surface area contributed by atoms with Gasteiger partial charge in [-0.1, -0.05) is 48.9 Å². The predicted octanol–water partition coefficient (Wildman–Crippen LogP) is 3.06. The molecule has 0 spiro atoms. The quantitative estimate of drug-likeness (QED) is 0.666. The van der Waals surface area contributed by atoms with Crippen LogP contribution in [0.5, 0.6) is 0 Å². The van der Waals surface area contributed by atoms with Gasteiger partial charge < -0.3 is 4.90 Å². The van der Waals surface area contributed by atoms with Gasteiger partial charge in [-0.3, -0.25) is 9.59 Å². The Kier molecular flexibility index (Phi) is 5.46. The minimum absolute atomic E-state index is 0.0306. The van der Waals surface area contributed by atoms with Gasteiger partial charge in [-0.15, -0.1) is 0 Å². The highest BCUT2D eigenvalue weighted by Crippen LogP contribution is 2.25. The number of amides is 2. The standard InChI is InChI=1S/C21H23N3O2/c1-3-16-8-10-19(11-9-16)24-14-18(12-20(24)25)21(26)23-22-13-17-6-4-15(2)5-7-17/h4-11,13,18H,3,12,14H2,1-2H3,(H,23,26)/b22-13+/t18-/m0/s1. The van der Waals surface area contributed by atoms with E-state index in [1.165, 1.54) is 11.1 Å². The highest BCUT2D eigenvalue weighted by Gasteiger charge is 2.35. The summed E-state index contributed by atoms with van der Waals surface area (Å²) in [5.74, 6) is -0.644. The van der Waals surface area contributed by atoms with Gasteiger partial charge in [-0.25, -0.2) is 5.43 Å². The molecule has 1 aliphatic heterocycles. The summed E-state index contributed by atoms with van der Waals surface area (Å²) in [6.07, 6.45) is 2.77. The molecule has 2 aromatic carbocycles. The Morgan fingerprint density at radius 2 is 1.88 bits per heavy atom. The number of benzene rings is 2. The minimum atomic E-state index is -0.386. The molecule has 1 fully saturated rings. The second-order valence-corrected chi connectivity index (χ2v) is 6.57. The van der Waals surface area contributed by atoms with E-state index in [0.29, 0.717) is 6.54 Å². The highest BCUT2D eigenvalue weighted by atomic mass is 16.2. The topological polar surface area (TPSA) is 61.8 Å². The number of nitrogens with one attached hydrogen (secondary N) is 1. The highest BCUT2D eigenvalue weighted by molar-refractivity contribution is 6.00. The summed E-state index contributed by atoms with van der Waals surface area (Å²) in [7, 11) is 0. The maximum atomic E-state index is 12.3. The number of nitrogens with zero attached hydrogens (tertiary/aromatic N) is 2. The van der Waals surface area contributed by atoms with Crippen LogP contribution in [0.25, 0.3) is 0 Å². The lowest BCUT2D eigenvalue weighted by Gasteiger charge is -2.16. The smallest absolute Gasteiger partial charge is 0.245 e. The normalized spacial score (nSPS) is 17.1. The van der Waals surface area contributed by atoms with E-state index >= 15 is 0 Å². The first-order valence-corrected chi connectivity index (χ1v) is 8.85. The van der Waals surface area contributed by atoms with E-state index in [1.54, 1.807) is 11.1 Å². The van der Waals surface area contributed by atoms with Crippen LogP contribution in [0.2, 0.25) is 0 Å². The van der Waals surface area contributed by atoms with Crippen molar-refractivity contribution in [1.29, 1.82) is 0 Å². The van der Waals surface area contributed by atoms with Crippen molar-refractivity contribution in [2.75, 3.05) is 11.4 Å². The van der Waals surface area contributed by atoms with E-state index in [2.05, 4.69) is 17.5 Å². The van der Waals surface area contributed by atoms with Crippen LogP contribution >= 0.6 is 0 Å². The van der Waals surface area contributed by atoms with E-state index in [1.807, 2.05) is 55.5 Å². The molecule has 26 heavy (non-hydrogen) atoms. The molecule has 3 rings (SSSR count). The maximum absolute atomic E-state index is 12.3. The molecule has 2 aromatic rings. The molecule has 1 N–H and O–H groups in total. The summed E-state index contributed by atoms with van der Waals surface area (Å²) in [5, 5.41) is 4.01. The van der Waals surface area contributed by atoms with Gasteiger partial charge in [-0.05, 0) is 36.6 Å². The lowest BCUT2D eigenvalue weighted by atomic mass is 10.1. The number of hydrogen-bond acceptors (Lipinski definition) is 3. The largest absolute Gasteiger partial charge is 0.312 e. The lowest BCUT2D eigenvalue weighted by molar-refractivity contribution is -0.126. The van der Waals surface area contributed by atoms with Gasteiger partial charge in [-0.2, -0.15) is 5.10 Å². The lowest BCUT2D eigenvalue weighted by Crippen LogP contribution is -2.30. The van der Waals surface area contributed by atoms with Gasteiger partial charge in [0, 0.05) is 18.7 Å². The van der Waals surface area contributed by atoms with Crippen LogP contribution in [0, 0.1) is 12.8 Å². The molecule has 0 bridgehead atoms. The molecule has 134 valence electrons. The molecule has 5 heteroatoms. The van der Waals surface area contributed by atoms with Crippen molar-refractivity contribution in [3.05, 3.63) is 65.2 Å². The molecule has 2 amide bonds. The summed E-state index contributed by atoms with van der Waals surface area (Å²) in [5.41, 5.74) is 6.69. The molecule has 0 unspecified atom stereocenters. The molecule has 1 atom stereocenters. The average Bonchev–Trinajstić information content (AvgIpc) is 3.05.